The van der Waals surface area contributed by atoms with E-state index in [0.29, 0.717) is 54.5 Å². The highest BCUT2D eigenvalue weighted by Crippen LogP contribution is 2.41. The molecule has 1 N–H and O–H groups in total. The highest BCUT2D eigenvalue weighted by atomic mass is 32.2. The third-order valence-electron chi connectivity index (χ3n) is 5.54. The number of benzene rings is 1. The number of aryl methyl sites for hydroxylation is 1. The van der Waals surface area contributed by atoms with E-state index in [1.54, 1.807) is 18.3 Å². The monoisotopic (exact) mass is 500 g/mol. The average Bonchev–Trinajstić information content (AvgIpc) is 3.36. The molecule has 1 unspecified atom stereocenters. The lowest BCUT2D eigenvalue weighted by atomic mass is 9.90. The van der Waals surface area contributed by atoms with Crippen molar-refractivity contribution in [2.24, 2.45) is 7.05 Å². The number of imidazole rings is 1. The number of esters is 1. The second-order valence-electron chi connectivity index (χ2n) is 8.19. The van der Waals surface area contributed by atoms with Crippen LogP contribution in [-0.4, -0.2) is 58.9 Å². The summed E-state index contributed by atoms with van der Waals surface area (Å²) in [6, 6.07) is 9.59. The Balaban J connectivity index is 1.60. The summed E-state index contributed by atoms with van der Waals surface area (Å²) in [5.74, 6) is 0.197. The number of nitrogens with zero attached hydrogens (tertiary/aromatic N) is 2. The van der Waals surface area contributed by atoms with Gasteiger partial charge in [-0.25, -0.2) is 9.78 Å². The fraction of sp³-hybridized carbons (Fsp3) is 0.423. The first kappa shape index (κ1) is 26.7. The molecule has 3 rings (SSSR count). The Bertz CT molecular complexity index is 1050. The van der Waals surface area contributed by atoms with Gasteiger partial charge in [-0.2, -0.15) is 0 Å². The first-order chi connectivity index (χ1) is 16.9. The number of carbonyl (C=O) groups is 2. The molecule has 0 fully saturated rings. The Morgan fingerprint density at radius 2 is 2.00 bits per heavy atom. The number of aliphatic hydroxyl groups is 1. The van der Waals surface area contributed by atoms with Gasteiger partial charge in [0.15, 0.2) is 10.9 Å². The van der Waals surface area contributed by atoms with Crippen LogP contribution in [0.4, 0.5) is 0 Å². The molecule has 1 heterocycles. The smallest absolute Gasteiger partial charge is 0.331 e. The van der Waals surface area contributed by atoms with Crippen LogP contribution in [-0.2, 0) is 26.1 Å². The zero-order valence-electron chi connectivity index (χ0n) is 20.1. The lowest BCUT2D eigenvalue weighted by Crippen LogP contribution is -2.28. The quantitative estimate of drug-likeness (QED) is 0.237. The van der Waals surface area contributed by atoms with Crippen molar-refractivity contribution >= 4 is 23.5 Å². The number of unbranched alkanes of at least 4 members (excludes halogenated alkanes) is 2. The molecule has 188 valence electrons. The molecule has 2 aromatic rings. The van der Waals surface area contributed by atoms with Gasteiger partial charge in [-0.3, -0.25) is 4.79 Å². The van der Waals surface area contributed by atoms with Crippen LogP contribution in [0.2, 0.25) is 0 Å². The van der Waals surface area contributed by atoms with E-state index < -0.39 is 11.6 Å². The lowest BCUT2D eigenvalue weighted by molar-refractivity contribution is -0.145. The minimum atomic E-state index is -1.34. The van der Waals surface area contributed by atoms with Crippen molar-refractivity contribution in [3.05, 3.63) is 65.4 Å². The molecule has 1 atom stereocenters. The van der Waals surface area contributed by atoms with Crippen molar-refractivity contribution in [3.63, 3.8) is 0 Å². The van der Waals surface area contributed by atoms with E-state index in [-0.39, 0.29) is 12.4 Å². The molecule has 1 aliphatic rings. The fourth-order valence-corrected chi connectivity index (χ4v) is 4.61. The molecule has 0 radical (unpaired) electrons. The number of ether oxygens (including phenoxy) is 3. The normalized spacial score (nSPS) is 18.7. The summed E-state index contributed by atoms with van der Waals surface area (Å²) < 4.78 is 17.4. The van der Waals surface area contributed by atoms with Crippen molar-refractivity contribution in [3.8, 4) is 5.75 Å². The number of allylic oxidation sites excluding steroid dienone is 2. The highest BCUT2D eigenvalue weighted by molar-refractivity contribution is 8.03. The minimum absolute atomic E-state index is 0.104. The minimum Gasteiger partial charge on any atom is -0.494 e. The van der Waals surface area contributed by atoms with Crippen molar-refractivity contribution in [2.45, 2.75) is 42.9 Å². The van der Waals surface area contributed by atoms with Crippen LogP contribution < -0.4 is 4.74 Å². The molecule has 9 heteroatoms. The number of ketones is 1. The zero-order valence-corrected chi connectivity index (χ0v) is 21.0. The van der Waals surface area contributed by atoms with Gasteiger partial charge in [0.1, 0.15) is 18.0 Å². The van der Waals surface area contributed by atoms with E-state index in [0.717, 1.165) is 12.2 Å². The van der Waals surface area contributed by atoms with Crippen molar-refractivity contribution < 1.29 is 28.9 Å². The molecule has 0 bridgehead atoms. The van der Waals surface area contributed by atoms with E-state index in [4.69, 9.17) is 9.47 Å². The Labute approximate surface area is 210 Å². The topological polar surface area (TPSA) is 99.9 Å². The number of thioether (sulfide) groups is 1. The molecule has 0 amide bonds. The molecule has 8 nitrogen and oxygen atoms in total. The number of methoxy groups -OCH3 is 1. The van der Waals surface area contributed by atoms with Gasteiger partial charge in [0.25, 0.3) is 0 Å². The molecule has 35 heavy (non-hydrogen) atoms. The van der Waals surface area contributed by atoms with Gasteiger partial charge in [0.05, 0.1) is 18.6 Å². The van der Waals surface area contributed by atoms with Crippen LogP contribution in [0.1, 0.15) is 32.1 Å². The number of carbonyl (C=O) groups excluding carboxylic acids is 2. The van der Waals surface area contributed by atoms with Crippen LogP contribution in [0.25, 0.3) is 0 Å². The summed E-state index contributed by atoms with van der Waals surface area (Å²) in [5, 5.41) is 12.2. The SMILES string of the molecule is COC(=O)COCCC/C=C1\C(=O)C(Sc2nccn2C)=CC1(O)CCCCOc1ccccc1. The van der Waals surface area contributed by atoms with E-state index in [1.807, 2.05) is 48.1 Å². The summed E-state index contributed by atoms with van der Waals surface area (Å²) in [7, 11) is 3.17. The summed E-state index contributed by atoms with van der Waals surface area (Å²) in [4.78, 5) is 29.1. The van der Waals surface area contributed by atoms with E-state index in [1.165, 1.54) is 18.9 Å². The van der Waals surface area contributed by atoms with Gasteiger partial charge < -0.3 is 23.9 Å². The molecule has 0 saturated carbocycles. The van der Waals surface area contributed by atoms with Crippen molar-refractivity contribution in [1.29, 1.82) is 0 Å². The number of aromatic nitrogens is 2. The first-order valence-electron chi connectivity index (χ1n) is 11.6. The van der Waals surface area contributed by atoms with Crippen LogP contribution in [0.3, 0.4) is 0 Å². The maximum atomic E-state index is 13.2. The van der Waals surface area contributed by atoms with Crippen molar-refractivity contribution in [1.82, 2.24) is 9.55 Å². The molecular weight excluding hydrogens is 468 g/mol. The largest absolute Gasteiger partial charge is 0.494 e. The second-order valence-corrected chi connectivity index (χ2v) is 9.20. The number of Topliss-reactive ketones (excluding diaryl/α,β-unsaturated/α-hetero) is 1. The van der Waals surface area contributed by atoms with Gasteiger partial charge >= 0.3 is 5.97 Å². The standard InChI is InChI=1S/C26H32N2O6S/c1-28-15-14-27-25(28)35-22-18-26(31,13-7-9-17-34-20-10-4-3-5-11-20)21(24(22)30)12-6-8-16-33-19-23(29)32-2/h3-5,10-12,14-15,18,31H,6-9,13,16-17,19H2,1-2H3/b21-12+. The second kappa shape index (κ2) is 13.3. The first-order valence-corrected chi connectivity index (χ1v) is 12.4. The molecule has 0 spiro atoms. The molecule has 0 aliphatic heterocycles. The zero-order chi connectivity index (χ0) is 25.1. The Kier molecular flexibility index (Phi) is 10.1. The predicted octanol–water partition coefficient (Wildman–Crippen LogP) is 3.86. The Morgan fingerprint density at radius 1 is 1.20 bits per heavy atom. The van der Waals surface area contributed by atoms with Gasteiger partial charge in [-0.05, 0) is 62.1 Å². The molecule has 1 aromatic carbocycles. The van der Waals surface area contributed by atoms with E-state index in [2.05, 4.69) is 9.72 Å². The maximum Gasteiger partial charge on any atom is 0.331 e. The van der Waals surface area contributed by atoms with Crippen molar-refractivity contribution in [2.75, 3.05) is 26.9 Å². The van der Waals surface area contributed by atoms with Gasteiger partial charge in [-0.1, -0.05) is 24.3 Å². The molecule has 1 aromatic heterocycles. The summed E-state index contributed by atoms with van der Waals surface area (Å²) in [6.45, 7) is 0.779. The highest BCUT2D eigenvalue weighted by Gasteiger charge is 2.41. The summed E-state index contributed by atoms with van der Waals surface area (Å²) >= 11 is 1.25. The Morgan fingerprint density at radius 3 is 2.71 bits per heavy atom. The number of hydrogen-bond donors (Lipinski definition) is 1. The number of rotatable bonds is 14. The fourth-order valence-electron chi connectivity index (χ4n) is 3.64. The third kappa shape index (κ3) is 7.81. The molecule has 1 aliphatic carbocycles. The molecular formula is C26H32N2O6S. The van der Waals surface area contributed by atoms with Gasteiger partial charge in [0, 0.05) is 31.6 Å². The molecule has 0 saturated heterocycles. The van der Waals surface area contributed by atoms with Crippen LogP contribution in [0.15, 0.2) is 70.5 Å². The van der Waals surface area contributed by atoms with Gasteiger partial charge in [-0.15, -0.1) is 0 Å². The van der Waals surface area contributed by atoms with Gasteiger partial charge in [0.2, 0.25) is 0 Å². The number of hydrogen-bond acceptors (Lipinski definition) is 8. The average molecular weight is 501 g/mol. The number of para-hydroxylation sites is 1. The lowest BCUT2D eigenvalue weighted by Gasteiger charge is -2.22. The summed E-state index contributed by atoms with van der Waals surface area (Å²) in [5.41, 5.74) is -0.962. The van der Waals surface area contributed by atoms with E-state index in [9.17, 15) is 14.7 Å². The van der Waals surface area contributed by atoms with Crippen LogP contribution >= 0.6 is 11.8 Å². The van der Waals surface area contributed by atoms with Crippen LogP contribution in [0, 0.1) is 0 Å². The Hall–Kier alpha value is -2.88. The maximum absolute atomic E-state index is 13.2. The van der Waals surface area contributed by atoms with Crippen LogP contribution in [0.5, 0.6) is 5.75 Å². The third-order valence-corrected chi connectivity index (χ3v) is 6.64. The summed E-state index contributed by atoms with van der Waals surface area (Å²) in [6.07, 6.45) is 9.92. The van der Waals surface area contributed by atoms with E-state index >= 15 is 0 Å². The predicted molar refractivity (Wildman–Crippen MR) is 133 cm³/mol.